The topological polar surface area (TPSA) is 129 Å². The minimum Gasteiger partial charge on any atom is -0.480 e. The zero-order valence-electron chi connectivity index (χ0n) is 14.8. The fourth-order valence-corrected chi connectivity index (χ4v) is 2.11. The van der Waals surface area contributed by atoms with Gasteiger partial charge in [0.05, 0.1) is 18.4 Å². The molecule has 1 amide bonds. The van der Waals surface area contributed by atoms with E-state index in [0.717, 1.165) is 6.20 Å². The molecule has 0 saturated carbocycles. The number of hydrogen-bond acceptors (Lipinski definition) is 6. The number of amides is 1. The lowest BCUT2D eigenvalue weighted by Crippen LogP contribution is -2.35. The molecule has 0 saturated heterocycles. The van der Waals surface area contributed by atoms with Gasteiger partial charge in [-0.1, -0.05) is 26.0 Å². The van der Waals surface area contributed by atoms with Gasteiger partial charge in [-0.05, 0) is 24.5 Å². The Morgan fingerprint density at radius 1 is 1.31 bits per heavy atom. The van der Waals surface area contributed by atoms with Crippen LogP contribution in [0.3, 0.4) is 0 Å². The van der Waals surface area contributed by atoms with Crippen molar-refractivity contribution in [2.24, 2.45) is 5.92 Å². The molecule has 0 fully saturated rings. The van der Waals surface area contributed by atoms with Gasteiger partial charge in [0.15, 0.2) is 0 Å². The second kappa shape index (κ2) is 9.84. The van der Waals surface area contributed by atoms with Gasteiger partial charge in [-0.2, -0.15) is 5.26 Å². The van der Waals surface area contributed by atoms with Gasteiger partial charge < -0.3 is 20.5 Å². The van der Waals surface area contributed by atoms with Gasteiger partial charge in [-0.25, -0.2) is 9.59 Å². The Morgan fingerprint density at radius 2 is 1.96 bits per heavy atom. The van der Waals surface area contributed by atoms with Crippen LogP contribution in [0.4, 0.5) is 5.69 Å². The van der Waals surface area contributed by atoms with E-state index in [1.807, 2.05) is 13.8 Å². The number of para-hydroxylation sites is 1. The maximum atomic E-state index is 12.3. The summed E-state index contributed by atoms with van der Waals surface area (Å²) in [4.78, 5) is 35.2. The molecule has 3 N–H and O–H groups in total. The smallest absolute Gasteiger partial charge is 0.339 e. The number of benzene rings is 1. The molecule has 26 heavy (non-hydrogen) atoms. The Bertz CT molecular complexity index is 749. The molecule has 1 aromatic carbocycles. The zero-order valence-corrected chi connectivity index (χ0v) is 14.8. The third-order valence-electron chi connectivity index (χ3n) is 3.38. The highest BCUT2D eigenvalue weighted by Gasteiger charge is 2.19. The Labute approximate surface area is 151 Å². The number of esters is 1. The van der Waals surface area contributed by atoms with Gasteiger partial charge in [0.1, 0.15) is 17.7 Å². The zero-order chi connectivity index (χ0) is 19.7. The predicted octanol–water partition coefficient (Wildman–Crippen LogP) is 1.91. The third kappa shape index (κ3) is 5.94. The van der Waals surface area contributed by atoms with Crippen LogP contribution < -0.4 is 10.6 Å². The number of anilines is 1. The third-order valence-corrected chi connectivity index (χ3v) is 3.38. The first-order valence-corrected chi connectivity index (χ1v) is 7.88. The summed E-state index contributed by atoms with van der Waals surface area (Å²) in [6.45, 7) is 3.73. The monoisotopic (exact) mass is 359 g/mol. The summed E-state index contributed by atoms with van der Waals surface area (Å²) in [5.74, 6) is -2.37. The summed E-state index contributed by atoms with van der Waals surface area (Å²) >= 11 is 0. The normalized spacial score (nSPS) is 12.0. The SMILES string of the molecule is COC(=O)c1ccccc1NC(=O)/C(C#N)=C\NC(CC(C)C)C(=O)O. The van der Waals surface area contributed by atoms with Crippen LogP contribution >= 0.6 is 0 Å². The van der Waals surface area contributed by atoms with Gasteiger partial charge in [0, 0.05) is 6.20 Å². The number of aliphatic carboxylic acids is 1. The number of ether oxygens (including phenoxy) is 1. The van der Waals surface area contributed by atoms with Crippen LogP contribution in [-0.4, -0.2) is 36.1 Å². The minimum absolute atomic E-state index is 0.114. The maximum absolute atomic E-state index is 12.3. The summed E-state index contributed by atoms with van der Waals surface area (Å²) in [5, 5.41) is 23.4. The molecule has 0 aliphatic rings. The molecule has 1 atom stereocenters. The second-order valence-electron chi connectivity index (χ2n) is 5.85. The average molecular weight is 359 g/mol. The van der Waals surface area contributed by atoms with E-state index in [9.17, 15) is 24.8 Å². The highest BCUT2D eigenvalue weighted by molar-refractivity contribution is 6.09. The summed E-state index contributed by atoms with van der Waals surface area (Å²) in [6.07, 6.45) is 1.40. The molecule has 8 nitrogen and oxygen atoms in total. The van der Waals surface area contributed by atoms with Crippen molar-refractivity contribution < 1.29 is 24.2 Å². The van der Waals surface area contributed by atoms with Gasteiger partial charge >= 0.3 is 11.9 Å². The summed E-state index contributed by atoms with van der Waals surface area (Å²) < 4.78 is 4.64. The van der Waals surface area contributed by atoms with E-state index in [1.165, 1.54) is 19.2 Å². The van der Waals surface area contributed by atoms with Crippen molar-refractivity contribution >= 4 is 23.5 Å². The summed E-state index contributed by atoms with van der Waals surface area (Å²) in [7, 11) is 1.21. The molecule has 0 aromatic heterocycles. The number of carboxylic acids is 1. The number of nitrogens with one attached hydrogen (secondary N) is 2. The number of nitrogens with zero attached hydrogens (tertiary/aromatic N) is 1. The molecule has 0 aliphatic carbocycles. The van der Waals surface area contributed by atoms with Crippen LogP contribution in [0.25, 0.3) is 0 Å². The largest absolute Gasteiger partial charge is 0.480 e. The molecule has 1 aromatic rings. The lowest BCUT2D eigenvalue weighted by atomic mass is 10.0. The fraction of sp³-hybridized carbons (Fsp3) is 0.333. The van der Waals surface area contributed by atoms with Crippen molar-refractivity contribution in [3.63, 3.8) is 0 Å². The highest BCUT2D eigenvalue weighted by atomic mass is 16.5. The van der Waals surface area contributed by atoms with Crippen LogP contribution in [0.15, 0.2) is 36.0 Å². The van der Waals surface area contributed by atoms with Gasteiger partial charge in [-0.3, -0.25) is 4.79 Å². The van der Waals surface area contributed by atoms with Crippen LogP contribution in [0.1, 0.15) is 30.6 Å². The van der Waals surface area contributed by atoms with E-state index < -0.39 is 23.9 Å². The van der Waals surface area contributed by atoms with Gasteiger partial charge in [0.2, 0.25) is 0 Å². The Kier molecular flexibility index (Phi) is 7.83. The molecule has 8 heteroatoms. The number of rotatable bonds is 8. The van der Waals surface area contributed by atoms with E-state index in [-0.39, 0.29) is 22.7 Å². The van der Waals surface area contributed by atoms with Crippen molar-refractivity contribution in [1.29, 1.82) is 5.26 Å². The maximum Gasteiger partial charge on any atom is 0.339 e. The molecule has 1 unspecified atom stereocenters. The lowest BCUT2D eigenvalue weighted by molar-refractivity contribution is -0.139. The van der Waals surface area contributed by atoms with Gasteiger partial charge in [-0.15, -0.1) is 0 Å². The molecule has 0 bridgehead atoms. The van der Waals surface area contributed by atoms with Crippen molar-refractivity contribution in [2.75, 3.05) is 12.4 Å². The number of hydrogen-bond donors (Lipinski definition) is 3. The quantitative estimate of drug-likeness (QED) is 0.367. The molecular weight excluding hydrogens is 338 g/mol. The first-order valence-electron chi connectivity index (χ1n) is 7.88. The van der Waals surface area contributed by atoms with E-state index in [1.54, 1.807) is 18.2 Å². The first-order chi connectivity index (χ1) is 12.3. The Balaban J connectivity index is 2.95. The molecule has 0 radical (unpaired) electrons. The van der Waals surface area contributed by atoms with Crippen molar-refractivity contribution in [3.8, 4) is 6.07 Å². The number of nitriles is 1. The Hall–Kier alpha value is -3.34. The number of methoxy groups -OCH3 is 1. The standard InChI is InChI=1S/C18H21N3O5/c1-11(2)8-15(17(23)24)20-10-12(9-19)16(22)21-14-7-5-4-6-13(14)18(25)26-3/h4-7,10-11,15,20H,8H2,1-3H3,(H,21,22)(H,23,24)/b12-10-. The molecule has 0 heterocycles. The molecule has 138 valence electrons. The molecular formula is C18H21N3O5. The molecule has 1 rings (SSSR count). The van der Waals surface area contributed by atoms with E-state index in [0.29, 0.717) is 6.42 Å². The lowest BCUT2D eigenvalue weighted by Gasteiger charge is -2.15. The first kappa shape index (κ1) is 20.7. The fourth-order valence-electron chi connectivity index (χ4n) is 2.11. The number of carboxylic acid groups (broad SMARTS) is 1. The second-order valence-corrected chi connectivity index (χ2v) is 5.85. The summed E-state index contributed by atoms with van der Waals surface area (Å²) in [6, 6.07) is 6.96. The van der Waals surface area contributed by atoms with Crippen LogP contribution in [0.5, 0.6) is 0 Å². The predicted molar refractivity (Wildman–Crippen MR) is 94.1 cm³/mol. The van der Waals surface area contributed by atoms with E-state index in [2.05, 4.69) is 15.4 Å². The molecule has 0 spiro atoms. The molecule has 0 aliphatic heterocycles. The van der Waals surface area contributed by atoms with E-state index in [4.69, 9.17) is 0 Å². The highest BCUT2D eigenvalue weighted by Crippen LogP contribution is 2.17. The van der Waals surface area contributed by atoms with Crippen molar-refractivity contribution in [1.82, 2.24) is 5.32 Å². The van der Waals surface area contributed by atoms with Crippen molar-refractivity contribution in [3.05, 3.63) is 41.6 Å². The summed E-state index contributed by atoms with van der Waals surface area (Å²) in [5.41, 5.74) is -0.000964. The Morgan fingerprint density at radius 3 is 2.50 bits per heavy atom. The van der Waals surface area contributed by atoms with Crippen LogP contribution in [0.2, 0.25) is 0 Å². The van der Waals surface area contributed by atoms with Crippen LogP contribution in [0, 0.1) is 17.2 Å². The number of carbonyl (C=O) groups excluding carboxylic acids is 2. The van der Waals surface area contributed by atoms with Gasteiger partial charge in [0.25, 0.3) is 5.91 Å². The van der Waals surface area contributed by atoms with Crippen molar-refractivity contribution in [2.45, 2.75) is 26.3 Å². The minimum atomic E-state index is -1.08. The number of carbonyl (C=O) groups is 3. The van der Waals surface area contributed by atoms with E-state index >= 15 is 0 Å². The van der Waals surface area contributed by atoms with Crippen LogP contribution in [-0.2, 0) is 14.3 Å². The average Bonchev–Trinajstić information content (AvgIpc) is 2.60.